The van der Waals surface area contributed by atoms with Crippen LogP contribution in [0.1, 0.15) is 26.7 Å². The van der Waals surface area contributed by atoms with Crippen molar-refractivity contribution in [1.29, 1.82) is 0 Å². The molecule has 1 aromatic carbocycles. The average Bonchev–Trinajstić information content (AvgIpc) is 3.21. The van der Waals surface area contributed by atoms with Crippen molar-refractivity contribution in [3.05, 3.63) is 41.1 Å². The molecule has 0 radical (unpaired) electrons. The number of aryl methyl sites for hydroxylation is 1. The number of cyclic esters (lactones) is 1. The van der Waals surface area contributed by atoms with E-state index in [1.807, 2.05) is 0 Å². The van der Waals surface area contributed by atoms with Crippen LogP contribution in [0.25, 0.3) is 5.69 Å². The maximum Gasteiger partial charge on any atom is 0.414 e. The average molecular weight is 373 g/mol. The first kappa shape index (κ1) is 18.7. The molecule has 9 nitrogen and oxygen atoms in total. The van der Waals surface area contributed by atoms with E-state index in [9.17, 15) is 14.4 Å². The van der Waals surface area contributed by atoms with Gasteiger partial charge < -0.3 is 10.1 Å². The summed E-state index contributed by atoms with van der Waals surface area (Å²) in [6.45, 7) is 4.70. The van der Waals surface area contributed by atoms with E-state index in [1.54, 1.807) is 24.3 Å². The second-order valence-electron chi connectivity index (χ2n) is 6.43. The smallest absolute Gasteiger partial charge is 0.414 e. The highest BCUT2D eigenvalue weighted by Crippen LogP contribution is 2.22. The minimum atomic E-state index is -0.456. The summed E-state index contributed by atoms with van der Waals surface area (Å²) in [4.78, 5) is 36.9. The Bertz CT molecular complexity index is 871. The van der Waals surface area contributed by atoms with Gasteiger partial charge in [0.2, 0.25) is 5.91 Å². The lowest BCUT2D eigenvalue weighted by molar-refractivity contribution is -0.119. The Balaban J connectivity index is 1.71. The van der Waals surface area contributed by atoms with Gasteiger partial charge in [-0.25, -0.2) is 18.8 Å². The number of benzene rings is 1. The maximum absolute atomic E-state index is 12.4. The second kappa shape index (κ2) is 8.07. The molecule has 0 unspecified atom stereocenters. The summed E-state index contributed by atoms with van der Waals surface area (Å²) >= 11 is 0. The van der Waals surface area contributed by atoms with Crippen molar-refractivity contribution in [2.45, 2.75) is 39.3 Å². The third-order valence-corrected chi connectivity index (χ3v) is 4.35. The Morgan fingerprint density at radius 2 is 1.96 bits per heavy atom. The van der Waals surface area contributed by atoms with Crippen LogP contribution in [0.15, 0.2) is 35.4 Å². The Labute approximate surface area is 156 Å². The van der Waals surface area contributed by atoms with Gasteiger partial charge in [-0.05, 0) is 30.7 Å². The van der Waals surface area contributed by atoms with Gasteiger partial charge >= 0.3 is 11.8 Å². The standard InChI is InChI=1S/C18H23N5O4/c1-3-4-9-23-17(25)22(12-20-23)15-7-5-14(6-8-15)21-11-16(27-18(21)26)10-19-13(2)24/h5-8,12,16H,3-4,9-11H2,1-2H3,(H,19,24)/t16-/m0/s1. The number of hydrogen-bond donors (Lipinski definition) is 1. The molecule has 0 aliphatic carbocycles. The van der Waals surface area contributed by atoms with Crippen LogP contribution in [0.4, 0.5) is 10.5 Å². The molecule has 2 heterocycles. The lowest BCUT2D eigenvalue weighted by Gasteiger charge is -2.13. The quantitative estimate of drug-likeness (QED) is 0.789. The molecule has 2 amide bonds. The van der Waals surface area contributed by atoms with Gasteiger partial charge in [0.25, 0.3) is 0 Å². The van der Waals surface area contributed by atoms with Crippen molar-refractivity contribution in [3.8, 4) is 5.69 Å². The summed E-state index contributed by atoms with van der Waals surface area (Å²) in [6.07, 6.45) is 2.54. The Morgan fingerprint density at radius 1 is 1.26 bits per heavy atom. The van der Waals surface area contributed by atoms with Crippen molar-refractivity contribution >= 4 is 17.7 Å². The lowest BCUT2D eigenvalue weighted by Crippen LogP contribution is -2.33. The highest BCUT2D eigenvalue weighted by molar-refractivity contribution is 5.89. The minimum absolute atomic E-state index is 0.168. The van der Waals surface area contributed by atoms with Crippen molar-refractivity contribution < 1.29 is 14.3 Å². The molecule has 144 valence electrons. The maximum atomic E-state index is 12.4. The zero-order valence-corrected chi connectivity index (χ0v) is 15.4. The third kappa shape index (κ3) is 4.18. The van der Waals surface area contributed by atoms with Crippen LogP contribution in [0.2, 0.25) is 0 Å². The molecule has 0 bridgehead atoms. The molecule has 2 aromatic rings. The molecular formula is C18H23N5O4. The van der Waals surface area contributed by atoms with Crippen molar-refractivity contribution in [3.63, 3.8) is 0 Å². The zero-order valence-electron chi connectivity index (χ0n) is 15.4. The number of anilines is 1. The van der Waals surface area contributed by atoms with E-state index in [0.29, 0.717) is 24.5 Å². The summed E-state index contributed by atoms with van der Waals surface area (Å²) < 4.78 is 8.18. The van der Waals surface area contributed by atoms with Crippen LogP contribution in [-0.2, 0) is 16.1 Å². The topological polar surface area (TPSA) is 98.5 Å². The molecule has 1 saturated heterocycles. The van der Waals surface area contributed by atoms with Crippen molar-refractivity contribution in [2.75, 3.05) is 18.0 Å². The Kier molecular flexibility index (Phi) is 5.58. The highest BCUT2D eigenvalue weighted by Gasteiger charge is 2.32. The molecule has 1 fully saturated rings. The van der Waals surface area contributed by atoms with E-state index in [1.165, 1.54) is 27.4 Å². The van der Waals surface area contributed by atoms with E-state index in [4.69, 9.17) is 4.74 Å². The van der Waals surface area contributed by atoms with Gasteiger partial charge in [0, 0.05) is 19.2 Å². The number of unbranched alkanes of at least 4 members (excludes halogenated alkanes) is 1. The number of amides is 2. The first-order valence-electron chi connectivity index (χ1n) is 8.97. The fourth-order valence-electron chi connectivity index (χ4n) is 2.86. The molecule has 1 aliphatic heterocycles. The van der Waals surface area contributed by atoms with Gasteiger partial charge in [-0.2, -0.15) is 5.10 Å². The van der Waals surface area contributed by atoms with Gasteiger partial charge in [0.15, 0.2) is 0 Å². The summed E-state index contributed by atoms with van der Waals surface area (Å²) in [6, 6.07) is 7.04. The minimum Gasteiger partial charge on any atom is -0.442 e. The Morgan fingerprint density at radius 3 is 2.63 bits per heavy atom. The summed E-state index contributed by atoms with van der Waals surface area (Å²) in [5.41, 5.74) is 1.15. The van der Waals surface area contributed by atoms with Crippen molar-refractivity contribution in [1.82, 2.24) is 19.7 Å². The zero-order chi connectivity index (χ0) is 19.4. The molecule has 0 spiro atoms. The van der Waals surface area contributed by atoms with E-state index >= 15 is 0 Å². The lowest BCUT2D eigenvalue weighted by atomic mass is 10.2. The highest BCUT2D eigenvalue weighted by atomic mass is 16.6. The molecule has 3 rings (SSSR count). The van der Waals surface area contributed by atoms with Gasteiger partial charge in [-0.3, -0.25) is 9.69 Å². The summed E-state index contributed by atoms with van der Waals surface area (Å²) in [7, 11) is 0. The number of nitrogens with zero attached hydrogens (tertiary/aromatic N) is 4. The normalized spacial score (nSPS) is 16.4. The largest absolute Gasteiger partial charge is 0.442 e. The van der Waals surface area contributed by atoms with Crippen LogP contribution in [0, 0.1) is 0 Å². The SMILES string of the molecule is CCCCn1ncn(-c2ccc(N3C[C@H](CNC(C)=O)OC3=O)cc2)c1=O. The molecule has 0 saturated carbocycles. The van der Waals surface area contributed by atoms with Crippen LogP contribution in [0.3, 0.4) is 0 Å². The second-order valence-corrected chi connectivity index (χ2v) is 6.43. The van der Waals surface area contributed by atoms with Gasteiger partial charge in [-0.1, -0.05) is 13.3 Å². The van der Waals surface area contributed by atoms with Crippen LogP contribution >= 0.6 is 0 Å². The van der Waals surface area contributed by atoms with Crippen LogP contribution in [-0.4, -0.2) is 45.5 Å². The predicted molar refractivity (Wildman–Crippen MR) is 99.0 cm³/mol. The molecular weight excluding hydrogens is 350 g/mol. The molecule has 1 aliphatic rings. The van der Waals surface area contributed by atoms with E-state index in [2.05, 4.69) is 17.3 Å². The van der Waals surface area contributed by atoms with Crippen LogP contribution < -0.4 is 15.9 Å². The molecule has 9 heteroatoms. The molecule has 1 atom stereocenters. The summed E-state index contributed by atoms with van der Waals surface area (Å²) in [5, 5.41) is 6.78. The fraction of sp³-hybridized carbons (Fsp3) is 0.444. The Hall–Kier alpha value is -3.10. The number of hydrogen-bond acceptors (Lipinski definition) is 5. The number of ether oxygens (including phenoxy) is 1. The predicted octanol–water partition coefficient (Wildman–Crippen LogP) is 1.30. The number of carbonyl (C=O) groups is 2. The van der Waals surface area contributed by atoms with Gasteiger partial charge in [0.05, 0.1) is 18.8 Å². The molecule has 1 aromatic heterocycles. The molecule has 27 heavy (non-hydrogen) atoms. The van der Waals surface area contributed by atoms with E-state index in [-0.39, 0.29) is 24.2 Å². The first-order chi connectivity index (χ1) is 13.0. The fourth-order valence-corrected chi connectivity index (χ4v) is 2.86. The number of rotatable bonds is 7. The van der Waals surface area contributed by atoms with E-state index in [0.717, 1.165) is 12.8 Å². The number of nitrogens with one attached hydrogen (secondary N) is 1. The first-order valence-corrected chi connectivity index (χ1v) is 8.97. The molecule has 1 N–H and O–H groups in total. The van der Waals surface area contributed by atoms with E-state index < -0.39 is 6.09 Å². The monoisotopic (exact) mass is 373 g/mol. The van der Waals surface area contributed by atoms with Crippen LogP contribution in [0.5, 0.6) is 0 Å². The summed E-state index contributed by atoms with van der Waals surface area (Å²) in [5.74, 6) is -0.168. The number of carbonyl (C=O) groups excluding carboxylic acids is 2. The third-order valence-electron chi connectivity index (χ3n) is 4.35. The van der Waals surface area contributed by atoms with Gasteiger partial charge in [0.1, 0.15) is 12.4 Å². The van der Waals surface area contributed by atoms with Crippen molar-refractivity contribution in [2.24, 2.45) is 0 Å². The number of aromatic nitrogens is 3. The van der Waals surface area contributed by atoms with Gasteiger partial charge in [-0.15, -0.1) is 0 Å².